The molecule has 0 aromatic carbocycles. The van der Waals surface area contributed by atoms with Gasteiger partial charge in [0.25, 0.3) is 0 Å². The fraction of sp³-hybridized carbons (Fsp3) is 0.818. The van der Waals surface area contributed by atoms with Gasteiger partial charge in [0.2, 0.25) is 11.8 Å². The Morgan fingerprint density at radius 2 is 2.06 bits per heavy atom. The van der Waals surface area contributed by atoms with E-state index in [1.54, 1.807) is 0 Å². The highest BCUT2D eigenvalue weighted by atomic mass is 16.5. The summed E-state index contributed by atoms with van der Waals surface area (Å²) < 4.78 is 5.23. The third-order valence-electron chi connectivity index (χ3n) is 3.20. The summed E-state index contributed by atoms with van der Waals surface area (Å²) in [6.45, 7) is 1.94. The van der Waals surface area contributed by atoms with Crippen LogP contribution in [0, 0.1) is 5.92 Å². The molecule has 16 heavy (non-hydrogen) atoms. The molecule has 1 unspecified atom stereocenters. The molecular formula is C11H18N2O3. The van der Waals surface area contributed by atoms with Crippen LogP contribution in [-0.4, -0.2) is 37.6 Å². The number of rotatable bonds is 2. The van der Waals surface area contributed by atoms with Gasteiger partial charge in [-0.15, -0.1) is 0 Å². The molecule has 2 amide bonds. The van der Waals surface area contributed by atoms with E-state index < -0.39 is 0 Å². The van der Waals surface area contributed by atoms with Crippen LogP contribution in [0.3, 0.4) is 0 Å². The van der Waals surface area contributed by atoms with Gasteiger partial charge >= 0.3 is 0 Å². The van der Waals surface area contributed by atoms with Crippen molar-refractivity contribution >= 4 is 11.8 Å². The normalized spacial score (nSPS) is 27.2. The molecule has 1 atom stereocenters. The topological polar surface area (TPSA) is 67.4 Å². The van der Waals surface area contributed by atoms with E-state index in [9.17, 15) is 9.59 Å². The molecule has 2 N–H and O–H groups in total. The molecule has 0 saturated carbocycles. The van der Waals surface area contributed by atoms with Crippen LogP contribution in [0.5, 0.6) is 0 Å². The molecule has 2 rings (SSSR count). The Bertz CT molecular complexity index is 264. The molecule has 2 aliphatic heterocycles. The van der Waals surface area contributed by atoms with E-state index in [0.29, 0.717) is 19.4 Å². The van der Waals surface area contributed by atoms with Gasteiger partial charge < -0.3 is 15.4 Å². The zero-order valence-corrected chi connectivity index (χ0v) is 9.33. The average molecular weight is 226 g/mol. The van der Waals surface area contributed by atoms with Crippen molar-refractivity contribution in [3.05, 3.63) is 0 Å². The van der Waals surface area contributed by atoms with E-state index in [4.69, 9.17) is 4.74 Å². The van der Waals surface area contributed by atoms with Crippen LogP contribution in [0.25, 0.3) is 0 Å². The van der Waals surface area contributed by atoms with Crippen molar-refractivity contribution in [2.75, 3.05) is 19.8 Å². The molecule has 5 nitrogen and oxygen atoms in total. The van der Waals surface area contributed by atoms with Crippen LogP contribution in [0.2, 0.25) is 0 Å². The van der Waals surface area contributed by atoms with Gasteiger partial charge in [-0.2, -0.15) is 0 Å². The first-order chi connectivity index (χ1) is 7.75. The maximum Gasteiger partial charge on any atom is 0.225 e. The van der Waals surface area contributed by atoms with E-state index >= 15 is 0 Å². The van der Waals surface area contributed by atoms with Gasteiger partial charge in [0.15, 0.2) is 0 Å². The largest absolute Gasteiger partial charge is 0.381 e. The molecule has 2 saturated heterocycles. The highest BCUT2D eigenvalue weighted by Gasteiger charge is 2.26. The number of amides is 2. The lowest BCUT2D eigenvalue weighted by Gasteiger charge is -2.27. The maximum atomic E-state index is 11.9. The molecule has 2 aliphatic rings. The van der Waals surface area contributed by atoms with Crippen molar-refractivity contribution in [2.45, 2.75) is 31.7 Å². The lowest BCUT2D eigenvalue weighted by atomic mass is 9.97. The summed E-state index contributed by atoms with van der Waals surface area (Å²) in [6, 6.07) is 0.249. The summed E-state index contributed by atoms with van der Waals surface area (Å²) in [6.07, 6.45) is 2.92. The van der Waals surface area contributed by atoms with Crippen molar-refractivity contribution in [3.63, 3.8) is 0 Å². The number of carbonyl (C=O) groups excluding carboxylic acids is 2. The summed E-state index contributed by atoms with van der Waals surface area (Å²) in [4.78, 5) is 22.8. The van der Waals surface area contributed by atoms with Gasteiger partial charge in [0, 0.05) is 32.2 Å². The zero-order chi connectivity index (χ0) is 11.4. The molecule has 5 heteroatoms. The van der Waals surface area contributed by atoms with Crippen LogP contribution in [0.15, 0.2) is 0 Å². The molecular weight excluding hydrogens is 208 g/mol. The van der Waals surface area contributed by atoms with E-state index in [1.165, 1.54) is 0 Å². The summed E-state index contributed by atoms with van der Waals surface area (Å²) in [5.41, 5.74) is 0. The lowest BCUT2D eigenvalue weighted by molar-refractivity contribution is -0.129. The van der Waals surface area contributed by atoms with Gasteiger partial charge in [0.05, 0.1) is 5.92 Å². The molecule has 0 bridgehead atoms. The molecule has 0 spiro atoms. The Kier molecular flexibility index (Phi) is 3.77. The van der Waals surface area contributed by atoms with Crippen LogP contribution in [0.4, 0.5) is 0 Å². The first-order valence-electron chi connectivity index (χ1n) is 5.90. The Balaban J connectivity index is 1.76. The minimum absolute atomic E-state index is 0.0510. The third-order valence-corrected chi connectivity index (χ3v) is 3.20. The number of piperidine rings is 1. The van der Waals surface area contributed by atoms with Crippen molar-refractivity contribution in [1.29, 1.82) is 0 Å². The highest BCUT2D eigenvalue weighted by molar-refractivity contribution is 5.83. The number of carbonyl (C=O) groups is 2. The molecule has 0 aromatic heterocycles. The second-order valence-corrected chi connectivity index (χ2v) is 4.43. The molecule has 0 aromatic rings. The Morgan fingerprint density at radius 3 is 2.69 bits per heavy atom. The molecule has 2 fully saturated rings. The van der Waals surface area contributed by atoms with Crippen LogP contribution < -0.4 is 10.6 Å². The Morgan fingerprint density at radius 1 is 1.31 bits per heavy atom. The highest BCUT2D eigenvalue weighted by Crippen LogP contribution is 2.13. The SMILES string of the molecule is O=C1CCC(C(=O)NC2CCOCC2)CN1. The van der Waals surface area contributed by atoms with Gasteiger partial charge in [-0.25, -0.2) is 0 Å². The minimum Gasteiger partial charge on any atom is -0.381 e. The fourth-order valence-corrected chi connectivity index (χ4v) is 2.12. The van der Waals surface area contributed by atoms with Crippen molar-refractivity contribution in [2.24, 2.45) is 5.92 Å². The van der Waals surface area contributed by atoms with Crippen molar-refractivity contribution in [1.82, 2.24) is 10.6 Å². The van der Waals surface area contributed by atoms with Crippen LogP contribution in [0.1, 0.15) is 25.7 Å². The number of ether oxygens (including phenoxy) is 1. The summed E-state index contributed by atoms with van der Waals surface area (Å²) in [5.74, 6) is 0.0718. The summed E-state index contributed by atoms with van der Waals surface area (Å²) >= 11 is 0. The molecule has 0 radical (unpaired) electrons. The van der Waals surface area contributed by atoms with Gasteiger partial charge in [-0.1, -0.05) is 0 Å². The number of hydrogen-bond donors (Lipinski definition) is 2. The van der Waals surface area contributed by atoms with Gasteiger partial charge in [-0.05, 0) is 19.3 Å². The van der Waals surface area contributed by atoms with E-state index in [-0.39, 0.29) is 23.8 Å². The summed E-state index contributed by atoms with van der Waals surface area (Å²) in [5, 5.41) is 5.76. The minimum atomic E-state index is -0.0551. The average Bonchev–Trinajstić information content (AvgIpc) is 2.31. The van der Waals surface area contributed by atoms with Crippen molar-refractivity contribution < 1.29 is 14.3 Å². The fourth-order valence-electron chi connectivity index (χ4n) is 2.12. The predicted molar refractivity (Wildman–Crippen MR) is 57.7 cm³/mol. The first-order valence-corrected chi connectivity index (χ1v) is 5.90. The Hall–Kier alpha value is -1.10. The lowest BCUT2D eigenvalue weighted by Crippen LogP contribution is -2.47. The second kappa shape index (κ2) is 5.30. The quantitative estimate of drug-likeness (QED) is 0.685. The standard InChI is InChI=1S/C11H18N2O3/c14-10-2-1-8(7-12-10)11(15)13-9-3-5-16-6-4-9/h8-9H,1-7H2,(H,12,14)(H,13,15). The Labute approximate surface area is 94.9 Å². The zero-order valence-electron chi connectivity index (χ0n) is 9.33. The number of hydrogen-bond acceptors (Lipinski definition) is 3. The third kappa shape index (κ3) is 2.95. The van der Waals surface area contributed by atoms with E-state index in [1.807, 2.05) is 0 Å². The first kappa shape index (κ1) is 11.4. The number of nitrogens with one attached hydrogen (secondary N) is 2. The second-order valence-electron chi connectivity index (χ2n) is 4.43. The van der Waals surface area contributed by atoms with Gasteiger partial charge in [-0.3, -0.25) is 9.59 Å². The summed E-state index contributed by atoms with van der Waals surface area (Å²) in [7, 11) is 0. The molecule has 0 aliphatic carbocycles. The van der Waals surface area contributed by atoms with E-state index in [2.05, 4.69) is 10.6 Å². The van der Waals surface area contributed by atoms with Crippen LogP contribution in [-0.2, 0) is 14.3 Å². The molecule has 90 valence electrons. The van der Waals surface area contributed by atoms with Crippen LogP contribution >= 0.6 is 0 Å². The maximum absolute atomic E-state index is 11.9. The molecule has 2 heterocycles. The van der Waals surface area contributed by atoms with Crippen molar-refractivity contribution in [3.8, 4) is 0 Å². The van der Waals surface area contributed by atoms with Gasteiger partial charge in [0.1, 0.15) is 0 Å². The smallest absolute Gasteiger partial charge is 0.225 e. The monoisotopic (exact) mass is 226 g/mol. The predicted octanol–water partition coefficient (Wildman–Crippen LogP) is -0.192. The van der Waals surface area contributed by atoms with E-state index in [0.717, 1.165) is 26.1 Å².